The van der Waals surface area contributed by atoms with E-state index in [-0.39, 0.29) is 0 Å². The Bertz CT molecular complexity index is 136. The quantitative estimate of drug-likeness (QED) is 0.700. The van der Waals surface area contributed by atoms with E-state index >= 15 is 0 Å². The summed E-state index contributed by atoms with van der Waals surface area (Å²) < 4.78 is 0. The highest BCUT2D eigenvalue weighted by Crippen LogP contribution is 2.29. The van der Waals surface area contributed by atoms with Crippen molar-refractivity contribution in [3.8, 4) is 0 Å². The van der Waals surface area contributed by atoms with Crippen LogP contribution in [0.4, 0.5) is 0 Å². The highest BCUT2D eigenvalue weighted by atomic mass is 16.3. The minimum absolute atomic E-state index is 0.379. The van der Waals surface area contributed by atoms with Crippen molar-refractivity contribution in [1.29, 1.82) is 0 Å². The number of aliphatic hydroxyl groups excluding tert-OH is 1. The lowest BCUT2D eigenvalue weighted by atomic mass is 9.79. The summed E-state index contributed by atoms with van der Waals surface area (Å²) in [5.74, 6) is 1.26. The van der Waals surface area contributed by atoms with Crippen LogP contribution < -0.4 is 5.32 Å². The molecule has 2 atom stereocenters. The number of nitrogens with one attached hydrogen (secondary N) is 1. The van der Waals surface area contributed by atoms with Gasteiger partial charge in [-0.25, -0.2) is 0 Å². The molecule has 13 heavy (non-hydrogen) atoms. The molecule has 0 aromatic heterocycles. The first kappa shape index (κ1) is 11.0. The minimum Gasteiger partial charge on any atom is -0.396 e. The third-order valence-electron chi connectivity index (χ3n) is 3.09. The molecule has 1 aliphatic rings. The predicted octanol–water partition coefficient (Wildman–Crippen LogP) is 1.78. The highest BCUT2D eigenvalue weighted by molar-refractivity contribution is 4.77. The summed E-state index contributed by atoms with van der Waals surface area (Å²) in [6, 6.07) is 0.571. The van der Waals surface area contributed by atoms with Gasteiger partial charge in [-0.1, -0.05) is 26.7 Å². The Hall–Kier alpha value is -0.0800. The van der Waals surface area contributed by atoms with Crippen LogP contribution in [0.5, 0.6) is 0 Å². The van der Waals surface area contributed by atoms with E-state index in [4.69, 9.17) is 0 Å². The number of hydrogen-bond donors (Lipinski definition) is 2. The molecule has 0 aromatic rings. The van der Waals surface area contributed by atoms with Crippen molar-refractivity contribution in [2.24, 2.45) is 11.8 Å². The van der Waals surface area contributed by atoms with E-state index in [0.29, 0.717) is 24.5 Å². The molecular formula is C11H23NO. The average Bonchev–Trinajstić information content (AvgIpc) is 2.15. The van der Waals surface area contributed by atoms with Gasteiger partial charge >= 0.3 is 0 Å². The first-order valence-corrected chi connectivity index (χ1v) is 5.58. The lowest BCUT2D eigenvalue weighted by Gasteiger charge is -2.30. The second kappa shape index (κ2) is 5.61. The van der Waals surface area contributed by atoms with Crippen LogP contribution in [0.2, 0.25) is 0 Å². The van der Waals surface area contributed by atoms with E-state index in [1.54, 1.807) is 0 Å². The Morgan fingerprint density at radius 2 is 1.85 bits per heavy atom. The van der Waals surface area contributed by atoms with Crippen LogP contribution in [0, 0.1) is 11.8 Å². The van der Waals surface area contributed by atoms with Gasteiger partial charge in [-0.15, -0.1) is 0 Å². The second-order valence-electron chi connectivity index (χ2n) is 4.55. The molecule has 1 fully saturated rings. The van der Waals surface area contributed by atoms with Crippen molar-refractivity contribution in [3.05, 3.63) is 0 Å². The van der Waals surface area contributed by atoms with Gasteiger partial charge in [-0.2, -0.15) is 0 Å². The molecule has 2 nitrogen and oxygen atoms in total. The zero-order valence-corrected chi connectivity index (χ0v) is 8.92. The van der Waals surface area contributed by atoms with Gasteiger partial charge in [0.1, 0.15) is 0 Å². The van der Waals surface area contributed by atoms with Crippen LogP contribution in [-0.2, 0) is 0 Å². The fraction of sp³-hybridized carbons (Fsp3) is 1.00. The third kappa shape index (κ3) is 3.65. The van der Waals surface area contributed by atoms with E-state index in [0.717, 1.165) is 6.54 Å². The highest BCUT2D eigenvalue weighted by Gasteiger charge is 2.23. The largest absolute Gasteiger partial charge is 0.396 e. The van der Waals surface area contributed by atoms with E-state index < -0.39 is 0 Å². The van der Waals surface area contributed by atoms with Gasteiger partial charge in [0.25, 0.3) is 0 Å². The van der Waals surface area contributed by atoms with Crippen molar-refractivity contribution < 1.29 is 5.11 Å². The van der Waals surface area contributed by atoms with Crippen LogP contribution >= 0.6 is 0 Å². The maximum absolute atomic E-state index is 9.20. The number of aliphatic hydroxyl groups is 1. The third-order valence-corrected chi connectivity index (χ3v) is 3.09. The van der Waals surface area contributed by atoms with Crippen molar-refractivity contribution in [1.82, 2.24) is 5.32 Å². The summed E-state index contributed by atoms with van der Waals surface area (Å²) in [6.45, 7) is 5.82. The molecule has 2 N–H and O–H groups in total. The smallest absolute Gasteiger partial charge is 0.0462 e. The molecule has 0 heterocycles. The maximum Gasteiger partial charge on any atom is 0.0462 e. The van der Waals surface area contributed by atoms with Crippen LogP contribution in [0.1, 0.15) is 39.5 Å². The summed E-state index contributed by atoms with van der Waals surface area (Å²) in [7, 11) is 0. The van der Waals surface area contributed by atoms with Crippen molar-refractivity contribution >= 4 is 0 Å². The Morgan fingerprint density at radius 3 is 2.38 bits per heavy atom. The molecule has 0 saturated heterocycles. The molecule has 1 saturated carbocycles. The molecule has 0 aliphatic heterocycles. The summed E-state index contributed by atoms with van der Waals surface area (Å²) in [6.07, 6.45) is 5.18. The van der Waals surface area contributed by atoms with Gasteiger partial charge in [-0.05, 0) is 31.2 Å². The number of hydrogen-bond acceptors (Lipinski definition) is 2. The van der Waals surface area contributed by atoms with Gasteiger partial charge in [0.05, 0.1) is 0 Å². The zero-order valence-electron chi connectivity index (χ0n) is 8.92. The lowest BCUT2D eigenvalue weighted by molar-refractivity contribution is 0.132. The number of rotatable bonds is 4. The minimum atomic E-state index is 0.379. The lowest BCUT2D eigenvalue weighted by Crippen LogP contribution is -2.35. The van der Waals surface area contributed by atoms with Crippen LogP contribution in [0.25, 0.3) is 0 Å². The molecule has 0 aromatic carbocycles. The molecule has 2 heteroatoms. The topological polar surface area (TPSA) is 32.3 Å². The molecular weight excluding hydrogens is 162 g/mol. The monoisotopic (exact) mass is 185 g/mol. The normalized spacial score (nSPS) is 29.5. The molecule has 0 spiro atoms. The molecule has 0 bridgehead atoms. The standard InChI is InChI=1S/C11H23NO/c1-9(2)12-7-10-5-3-4-6-11(10)8-13/h9-13H,3-8H2,1-2H3. The molecule has 78 valence electrons. The van der Waals surface area contributed by atoms with E-state index in [2.05, 4.69) is 19.2 Å². The van der Waals surface area contributed by atoms with E-state index in [9.17, 15) is 5.11 Å². The van der Waals surface area contributed by atoms with Crippen LogP contribution in [0.3, 0.4) is 0 Å². The fourth-order valence-corrected chi connectivity index (χ4v) is 2.18. The van der Waals surface area contributed by atoms with E-state index in [1.165, 1.54) is 25.7 Å². The summed E-state index contributed by atoms with van der Waals surface area (Å²) in [5, 5.41) is 12.7. The molecule has 1 aliphatic carbocycles. The van der Waals surface area contributed by atoms with Crippen molar-refractivity contribution in [2.75, 3.05) is 13.2 Å². The SMILES string of the molecule is CC(C)NCC1CCCCC1CO. The molecule has 0 radical (unpaired) electrons. The van der Waals surface area contributed by atoms with Gasteiger partial charge in [0.15, 0.2) is 0 Å². The predicted molar refractivity (Wildman–Crippen MR) is 55.7 cm³/mol. The second-order valence-corrected chi connectivity index (χ2v) is 4.55. The van der Waals surface area contributed by atoms with Gasteiger partial charge < -0.3 is 10.4 Å². The molecule has 2 unspecified atom stereocenters. The van der Waals surface area contributed by atoms with Crippen molar-refractivity contribution in [3.63, 3.8) is 0 Å². The van der Waals surface area contributed by atoms with Gasteiger partial charge in [0.2, 0.25) is 0 Å². The van der Waals surface area contributed by atoms with Crippen molar-refractivity contribution in [2.45, 2.75) is 45.6 Å². The Morgan fingerprint density at radius 1 is 1.23 bits per heavy atom. The van der Waals surface area contributed by atoms with Gasteiger partial charge in [0, 0.05) is 12.6 Å². The van der Waals surface area contributed by atoms with Crippen LogP contribution in [-0.4, -0.2) is 24.3 Å². The first-order valence-electron chi connectivity index (χ1n) is 5.58. The summed E-state index contributed by atoms with van der Waals surface area (Å²) >= 11 is 0. The first-order chi connectivity index (χ1) is 6.24. The molecule has 0 amide bonds. The fourth-order valence-electron chi connectivity index (χ4n) is 2.18. The Labute approximate surface area is 81.7 Å². The maximum atomic E-state index is 9.20. The Balaban J connectivity index is 2.27. The summed E-state index contributed by atoms with van der Waals surface area (Å²) in [5.41, 5.74) is 0. The average molecular weight is 185 g/mol. The zero-order chi connectivity index (χ0) is 9.68. The van der Waals surface area contributed by atoms with Gasteiger partial charge in [-0.3, -0.25) is 0 Å². The molecule has 1 rings (SSSR count). The van der Waals surface area contributed by atoms with Crippen LogP contribution in [0.15, 0.2) is 0 Å². The summed E-state index contributed by atoms with van der Waals surface area (Å²) in [4.78, 5) is 0. The van der Waals surface area contributed by atoms with E-state index in [1.807, 2.05) is 0 Å². The Kier molecular flexibility index (Phi) is 4.74.